The van der Waals surface area contributed by atoms with Crippen LogP contribution >= 0.6 is 34.8 Å². The molecule has 1 N–H and O–H groups in total. The number of aromatic nitrogens is 3. The molecule has 0 spiro atoms. The number of carbonyl (C=O) groups is 1. The van der Waals surface area contributed by atoms with Crippen LogP contribution in [0.2, 0.25) is 0 Å². The Morgan fingerprint density at radius 1 is 1.12 bits per heavy atom. The lowest BCUT2D eigenvalue weighted by molar-refractivity contribution is -0.115. The van der Waals surface area contributed by atoms with Crippen LogP contribution in [0.1, 0.15) is 5.56 Å². The van der Waals surface area contributed by atoms with Gasteiger partial charge in [0.05, 0.1) is 12.8 Å². The van der Waals surface area contributed by atoms with E-state index in [9.17, 15) is 4.79 Å². The first-order chi connectivity index (χ1) is 11.8. The molecule has 0 aliphatic rings. The van der Waals surface area contributed by atoms with Gasteiger partial charge in [-0.2, -0.15) is 4.80 Å². The number of alkyl halides is 3. The molecule has 0 saturated carbocycles. The topological polar surface area (TPSA) is 69.0 Å². The van der Waals surface area contributed by atoms with Gasteiger partial charge in [0.2, 0.25) is 0 Å². The minimum absolute atomic E-state index is 0.505. The van der Waals surface area contributed by atoms with Crippen molar-refractivity contribution in [2.75, 3.05) is 12.4 Å². The Morgan fingerprint density at radius 3 is 2.28 bits per heavy atom. The quantitative estimate of drug-likeness (QED) is 0.675. The number of nitrogens with one attached hydrogen (secondary N) is 1. The highest BCUT2D eigenvalue weighted by molar-refractivity contribution is 6.76. The summed E-state index contributed by atoms with van der Waals surface area (Å²) in [5.74, 6) is 0.00973. The van der Waals surface area contributed by atoms with E-state index in [4.69, 9.17) is 39.5 Å². The first-order valence-electron chi connectivity index (χ1n) is 7.18. The van der Waals surface area contributed by atoms with E-state index in [0.717, 1.165) is 17.0 Å². The normalized spacial score (nSPS) is 11.6. The Morgan fingerprint density at radius 2 is 1.72 bits per heavy atom. The van der Waals surface area contributed by atoms with Crippen LogP contribution in [0.25, 0.3) is 16.7 Å². The Bertz CT molecular complexity index is 933. The molecule has 3 rings (SSSR count). The van der Waals surface area contributed by atoms with Crippen LogP contribution in [-0.2, 0) is 4.79 Å². The molecule has 0 aliphatic carbocycles. The molecule has 0 atom stereocenters. The monoisotopic (exact) mass is 398 g/mol. The summed E-state index contributed by atoms with van der Waals surface area (Å²) in [5, 5.41) is 11.4. The summed E-state index contributed by atoms with van der Waals surface area (Å²) >= 11 is 16.8. The predicted octanol–water partition coefficient (Wildman–Crippen LogP) is 4.05. The summed E-state index contributed by atoms with van der Waals surface area (Å²) < 4.78 is 3.10. The summed E-state index contributed by atoms with van der Waals surface area (Å²) in [4.78, 5) is 13.4. The lowest BCUT2D eigenvalue weighted by Gasteiger charge is -2.12. The van der Waals surface area contributed by atoms with Crippen molar-refractivity contribution in [2.24, 2.45) is 0 Å². The van der Waals surface area contributed by atoms with Crippen LogP contribution in [-0.4, -0.2) is 31.8 Å². The maximum atomic E-state index is 11.8. The van der Waals surface area contributed by atoms with Crippen LogP contribution in [0.4, 0.5) is 5.69 Å². The van der Waals surface area contributed by atoms with Crippen molar-refractivity contribution in [2.45, 2.75) is 10.7 Å². The van der Waals surface area contributed by atoms with Crippen molar-refractivity contribution >= 4 is 57.4 Å². The Labute approximate surface area is 158 Å². The number of hydrogen-bond acceptors (Lipinski definition) is 4. The summed E-state index contributed by atoms with van der Waals surface area (Å²) in [5.41, 5.74) is 3.34. The molecule has 1 aromatic heterocycles. The average Bonchev–Trinajstić information content (AvgIpc) is 2.97. The number of methoxy groups -OCH3 is 1. The molecule has 0 saturated heterocycles. The lowest BCUT2D eigenvalue weighted by atomic mass is 10.1. The van der Waals surface area contributed by atoms with Crippen LogP contribution in [0.3, 0.4) is 0 Å². The fourth-order valence-corrected chi connectivity index (χ4v) is 2.37. The number of fused-ring (bicyclic) bond motifs is 1. The summed E-state index contributed by atoms with van der Waals surface area (Å²) in [6.45, 7) is 1.82. The number of ether oxygens (including phenoxy) is 1. The van der Waals surface area contributed by atoms with Crippen molar-refractivity contribution in [1.82, 2.24) is 15.0 Å². The molecule has 130 valence electrons. The van der Waals surface area contributed by atoms with Crippen molar-refractivity contribution in [3.8, 4) is 11.4 Å². The van der Waals surface area contributed by atoms with Crippen LogP contribution in [0.5, 0.6) is 5.75 Å². The third-order valence-electron chi connectivity index (χ3n) is 3.54. The molecular formula is C16H13Cl3N4O2. The Balaban J connectivity index is 1.96. The van der Waals surface area contributed by atoms with Crippen LogP contribution < -0.4 is 10.1 Å². The number of hydrogen-bond donors (Lipinski definition) is 1. The van der Waals surface area contributed by atoms with E-state index in [1.807, 2.05) is 31.2 Å². The smallest absolute Gasteiger partial charge is 0.276 e. The van der Waals surface area contributed by atoms with E-state index in [1.165, 1.54) is 4.80 Å². The number of halogens is 3. The number of rotatable bonds is 3. The number of amides is 1. The number of carbonyl (C=O) groups excluding carboxylic acids is 1. The van der Waals surface area contributed by atoms with Crippen LogP contribution in [0, 0.1) is 6.92 Å². The summed E-state index contributed by atoms with van der Waals surface area (Å²) in [6, 6.07) is 10.8. The Hall–Kier alpha value is -2.02. The van der Waals surface area contributed by atoms with E-state index in [0.29, 0.717) is 16.7 Å². The van der Waals surface area contributed by atoms with E-state index in [2.05, 4.69) is 15.5 Å². The minimum atomic E-state index is -2.04. The molecule has 6 nitrogen and oxygen atoms in total. The first-order valence-corrected chi connectivity index (χ1v) is 8.31. The first kappa shape index (κ1) is 17.8. The SMILES string of the molecule is COc1ccc(-n2nc3cc(C)c(NC(=O)C(Cl)(Cl)Cl)cc3n2)cc1. The summed E-state index contributed by atoms with van der Waals surface area (Å²) in [7, 11) is 1.60. The second-order valence-electron chi connectivity index (χ2n) is 5.30. The molecule has 9 heteroatoms. The molecule has 0 bridgehead atoms. The highest BCUT2D eigenvalue weighted by Crippen LogP contribution is 2.29. The van der Waals surface area contributed by atoms with Gasteiger partial charge in [0.25, 0.3) is 9.70 Å². The predicted molar refractivity (Wildman–Crippen MR) is 99.1 cm³/mol. The molecule has 0 aliphatic heterocycles. The molecule has 1 heterocycles. The second-order valence-corrected chi connectivity index (χ2v) is 7.58. The summed E-state index contributed by atoms with van der Waals surface area (Å²) in [6.07, 6.45) is 0. The fourth-order valence-electron chi connectivity index (χ4n) is 2.23. The van der Waals surface area contributed by atoms with Gasteiger partial charge < -0.3 is 10.1 Å². The number of aryl methyl sites for hydroxylation is 1. The molecule has 1 amide bonds. The van der Waals surface area contributed by atoms with Crippen molar-refractivity contribution in [1.29, 1.82) is 0 Å². The molecular weight excluding hydrogens is 387 g/mol. The van der Waals surface area contributed by atoms with E-state index in [-0.39, 0.29) is 0 Å². The molecule has 0 radical (unpaired) electrons. The van der Waals surface area contributed by atoms with Gasteiger partial charge in [-0.05, 0) is 48.9 Å². The van der Waals surface area contributed by atoms with E-state index in [1.54, 1.807) is 19.2 Å². The third kappa shape index (κ3) is 3.81. The molecule has 0 unspecified atom stereocenters. The van der Waals surface area contributed by atoms with Gasteiger partial charge in [0.15, 0.2) is 0 Å². The number of nitrogens with zero attached hydrogens (tertiary/aromatic N) is 3. The highest BCUT2D eigenvalue weighted by atomic mass is 35.6. The van der Waals surface area contributed by atoms with Gasteiger partial charge >= 0.3 is 0 Å². The highest BCUT2D eigenvalue weighted by Gasteiger charge is 2.31. The fraction of sp³-hybridized carbons (Fsp3) is 0.188. The largest absolute Gasteiger partial charge is 0.497 e. The number of benzene rings is 2. The average molecular weight is 400 g/mol. The van der Waals surface area contributed by atoms with Gasteiger partial charge in [-0.1, -0.05) is 34.8 Å². The van der Waals surface area contributed by atoms with Crippen LogP contribution in [0.15, 0.2) is 36.4 Å². The zero-order valence-electron chi connectivity index (χ0n) is 13.3. The van der Waals surface area contributed by atoms with Crippen molar-refractivity contribution in [3.05, 3.63) is 42.0 Å². The minimum Gasteiger partial charge on any atom is -0.497 e. The van der Waals surface area contributed by atoms with E-state index < -0.39 is 9.70 Å². The van der Waals surface area contributed by atoms with Gasteiger partial charge in [-0.15, -0.1) is 10.2 Å². The maximum Gasteiger partial charge on any atom is 0.276 e. The molecule has 3 aromatic rings. The van der Waals surface area contributed by atoms with Gasteiger partial charge in [-0.25, -0.2) is 0 Å². The number of anilines is 1. The molecule has 2 aromatic carbocycles. The maximum absolute atomic E-state index is 11.8. The zero-order chi connectivity index (χ0) is 18.2. The van der Waals surface area contributed by atoms with Crippen molar-refractivity contribution < 1.29 is 9.53 Å². The van der Waals surface area contributed by atoms with Crippen molar-refractivity contribution in [3.63, 3.8) is 0 Å². The van der Waals surface area contributed by atoms with Gasteiger partial charge in [0.1, 0.15) is 16.8 Å². The lowest BCUT2D eigenvalue weighted by Crippen LogP contribution is -2.27. The Kier molecular flexibility index (Phi) is 4.77. The molecule has 25 heavy (non-hydrogen) atoms. The second kappa shape index (κ2) is 6.71. The van der Waals surface area contributed by atoms with Gasteiger partial charge in [-0.3, -0.25) is 4.79 Å². The van der Waals surface area contributed by atoms with Gasteiger partial charge in [0, 0.05) is 5.69 Å². The standard InChI is InChI=1S/C16H13Cl3N4O2/c1-9-7-13-14(8-12(9)20-15(24)16(17,18)19)22-23(21-13)10-3-5-11(25-2)6-4-10/h3-8H,1-2H3,(H,20,24). The van der Waals surface area contributed by atoms with E-state index >= 15 is 0 Å². The third-order valence-corrected chi connectivity index (χ3v) is 4.05. The zero-order valence-corrected chi connectivity index (χ0v) is 15.5. The molecule has 0 fully saturated rings.